The number of piperazine rings is 1. The standard InChI is InChI=1S/C21H27N5O2/c1-15(2)20-23-16(3)13-19(24-20)25-9-11-26(12-10-25)21(27)18-7-5-17(6-8-18)14-22-28-4/h5-8,13-15H,9-12H2,1-4H3/b22-14+. The molecule has 7 nitrogen and oxygen atoms in total. The van der Waals surface area contributed by atoms with E-state index in [1.54, 1.807) is 6.21 Å². The predicted octanol–water partition coefficient (Wildman–Crippen LogP) is 2.85. The Morgan fingerprint density at radius 3 is 2.43 bits per heavy atom. The van der Waals surface area contributed by atoms with Crippen LogP contribution in [0.5, 0.6) is 0 Å². The molecule has 1 saturated heterocycles. The fraction of sp³-hybridized carbons (Fsp3) is 0.429. The van der Waals surface area contributed by atoms with Gasteiger partial charge in [-0.3, -0.25) is 4.79 Å². The van der Waals surface area contributed by atoms with Crippen molar-refractivity contribution in [1.29, 1.82) is 0 Å². The molecule has 1 aromatic carbocycles. The summed E-state index contributed by atoms with van der Waals surface area (Å²) in [6.45, 7) is 9.06. The summed E-state index contributed by atoms with van der Waals surface area (Å²) < 4.78 is 0. The van der Waals surface area contributed by atoms with E-state index in [-0.39, 0.29) is 5.91 Å². The Bertz CT molecular complexity index is 840. The number of rotatable bonds is 5. The second-order valence-electron chi connectivity index (χ2n) is 7.20. The van der Waals surface area contributed by atoms with E-state index in [0.717, 1.165) is 36.0 Å². The molecule has 0 bridgehead atoms. The number of anilines is 1. The molecule has 1 aliphatic heterocycles. The van der Waals surface area contributed by atoms with Crippen LogP contribution in [0.1, 0.15) is 47.2 Å². The molecule has 0 aliphatic carbocycles. The van der Waals surface area contributed by atoms with Crippen LogP contribution in [-0.2, 0) is 4.84 Å². The lowest BCUT2D eigenvalue weighted by molar-refractivity contribution is 0.0746. The number of nitrogens with zero attached hydrogens (tertiary/aromatic N) is 5. The van der Waals surface area contributed by atoms with Crippen LogP contribution in [0.15, 0.2) is 35.5 Å². The highest BCUT2D eigenvalue weighted by molar-refractivity contribution is 5.95. The Morgan fingerprint density at radius 1 is 1.14 bits per heavy atom. The summed E-state index contributed by atoms with van der Waals surface area (Å²) in [6, 6.07) is 9.40. The molecule has 0 radical (unpaired) electrons. The summed E-state index contributed by atoms with van der Waals surface area (Å²) in [5, 5.41) is 3.73. The van der Waals surface area contributed by atoms with Gasteiger partial charge >= 0.3 is 0 Å². The number of aromatic nitrogens is 2. The third-order valence-electron chi connectivity index (χ3n) is 4.73. The molecule has 2 aromatic rings. The van der Waals surface area contributed by atoms with Gasteiger partial charge in [-0.25, -0.2) is 9.97 Å². The second kappa shape index (κ2) is 8.82. The van der Waals surface area contributed by atoms with Crippen molar-refractivity contribution in [3.8, 4) is 0 Å². The van der Waals surface area contributed by atoms with Crippen LogP contribution in [0.25, 0.3) is 0 Å². The number of carbonyl (C=O) groups is 1. The Morgan fingerprint density at radius 2 is 1.82 bits per heavy atom. The zero-order valence-electron chi connectivity index (χ0n) is 16.9. The van der Waals surface area contributed by atoms with Crippen LogP contribution in [0, 0.1) is 6.92 Å². The van der Waals surface area contributed by atoms with E-state index in [1.807, 2.05) is 42.2 Å². The highest BCUT2D eigenvalue weighted by Gasteiger charge is 2.23. The van der Waals surface area contributed by atoms with Crippen LogP contribution in [0.2, 0.25) is 0 Å². The lowest BCUT2D eigenvalue weighted by atomic mass is 10.1. The molecule has 1 amide bonds. The molecule has 2 heterocycles. The van der Waals surface area contributed by atoms with Gasteiger partial charge in [-0.1, -0.05) is 31.1 Å². The molecule has 3 rings (SSSR count). The van der Waals surface area contributed by atoms with E-state index in [1.165, 1.54) is 7.11 Å². The fourth-order valence-corrected chi connectivity index (χ4v) is 3.14. The molecule has 1 aromatic heterocycles. The first kappa shape index (κ1) is 19.8. The topological polar surface area (TPSA) is 70.9 Å². The highest BCUT2D eigenvalue weighted by Crippen LogP contribution is 2.19. The number of hydrogen-bond donors (Lipinski definition) is 0. The molecule has 1 aliphatic rings. The van der Waals surface area contributed by atoms with Crippen molar-refractivity contribution >= 4 is 17.9 Å². The molecule has 0 spiro atoms. The van der Waals surface area contributed by atoms with Crippen LogP contribution < -0.4 is 4.90 Å². The van der Waals surface area contributed by atoms with E-state index >= 15 is 0 Å². The maximum Gasteiger partial charge on any atom is 0.253 e. The van der Waals surface area contributed by atoms with Crippen LogP contribution in [0.4, 0.5) is 5.82 Å². The molecule has 0 unspecified atom stereocenters. The number of aryl methyl sites for hydroxylation is 1. The third-order valence-corrected chi connectivity index (χ3v) is 4.73. The van der Waals surface area contributed by atoms with Gasteiger partial charge in [0.15, 0.2) is 0 Å². The van der Waals surface area contributed by atoms with Gasteiger partial charge in [-0.05, 0) is 24.6 Å². The van der Waals surface area contributed by atoms with Crippen molar-refractivity contribution in [2.45, 2.75) is 26.7 Å². The largest absolute Gasteiger partial charge is 0.399 e. The summed E-state index contributed by atoms with van der Waals surface area (Å²) in [4.78, 5) is 30.8. The minimum absolute atomic E-state index is 0.0524. The molecule has 0 atom stereocenters. The van der Waals surface area contributed by atoms with E-state index in [2.05, 4.69) is 33.7 Å². The molecular weight excluding hydrogens is 354 g/mol. The Kier molecular flexibility index (Phi) is 6.23. The van der Waals surface area contributed by atoms with E-state index in [4.69, 9.17) is 4.98 Å². The molecule has 0 saturated carbocycles. The maximum atomic E-state index is 12.8. The average molecular weight is 381 g/mol. The number of carbonyl (C=O) groups excluding carboxylic acids is 1. The summed E-state index contributed by atoms with van der Waals surface area (Å²) in [5.41, 5.74) is 2.55. The lowest BCUT2D eigenvalue weighted by Crippen LogP contribution is -2.49. The first-order valence-corrected chi connectivity index (χ1v) is 9.54. The van der Waals surface area contributed by atoms with Gasteiger partial charge in [0, 0.05) is 49.4 Å². The van der Waals surface area contributed by atoms with Crippen molar-refractivity contribution in [3.05, 3.63) is 53.0 Å². The van der Waals surface area contributed by atoms with Crippen molar-refractivity contribution in [1.82, 2.24) is 14.9 Å². The number of amides is 1. The lowest BCUT2D eigenvalue weighted by Gasteiger charge is -2.35. The van der Waals surface area contributed by atoms with E-state index in [0.29, 0.717) is 24.6 Å². The van der Waals surface area contributed by atoms with E-state index in [9.17, 15) is 4.79 Å². The zero-order chi connectivity index (χ0) is 20.1. The van der Waals surface area contributed by atoms with Crippen molar-refractivity contribution in [3.63, 3.8) is 0 Å². The highest BCUT2D eigenvalue weighted by atomic mass is 16.6. The van der Waals surface area contributed by atoms with Crippen LogP contribution in [0.3, 0.4) is 0 Å². The smallest absolute Gasteiger partial charge is 0.253 e. The van der Waals surface area contributed by atoms with Crippen LogP contribution in [-0.4, -0.2) is 60.3 Å². The monoisotopic (exact) mass is 381 g/mol. The minimum atomic E-state index is 0.0524. The summed E-state index contributed by atoms with van der Waals surface area (Å²) in [6.07, 6.45) is 1.61. The molecule has 148 valence electrons. The molecule has 1 fully saturated rings. The van der Waals surface area contributed by atoms with Gasteiger partial charge in [0.05, 0.1) is 6.21 Å². The quantitative estimate of drug-likeness (QED) is 0.588. The minimum Gasteiger partial charge on any atom is -0.399 e. The first-order chi connectivity index (χ1) is 13.5. The van der Waals surface area contributed by atoms with Crippen molar-refractivity contribution in [2.24, 2.45) is 5.16 Å². The second-order valence-corrected chi connectivity index (χ2v) is 7.20. The normalized spacial score (nSPS) is 14.8. The van der Waals surface area contributed by atoms with Gasteiger partial charge in [0.25, 0.3) is 5.91 Å². The number of benzene rings is 1. The van der Waals surface area contributed by atoms with Gasteiger partial charge in [-0.2, -0.15) is 0 Å². The van der Waals surface area contributed by atoms with Crippen molar-refractivity contribution < 1.29 is 9.63 Å². The van der Waals surface area contributed by atoms with E-state index < -0.39 is 0 Å². The molecule has 28 heavy (non-hydrogen) atoms. The zero-order valence-corrected chi connectivity index (χ0v) is 16.9. The summed E-state index contributed by atoms with van der Waals surface area (Å²) in [5.74, 6) is 2.16. The Balaban J connectivity index is 1.63. The summed E-state index contributed by atoms with van der Waals surface area (Å²) in [7, 11) is 1.50. The van der Waals surface area contributed by atoms with Gasteiger partial charge in [0.1, 0.15) is 18.8 Å². The number of oxime groups is 1. The Hall–Kier alpha value is -2.96. The summed E-state index contributed by atoms with van der Waals surface area (Å²) >= 11 is 0. The predicted molar refractivity (Wildman–Crippen MR) is 110 cm³/mol. The Labute approximate surface area is 166 Å². The molecular formula is C21H27N5O2. The fourth-order valence-electron chi connectivity index (χ4n) is 3.14. The molecule has 0 N–H and O–H groups in total. The maximum absolute atomic E-state index is 12.8. The van der Waals surface area contributed by atoms with Crippen molar-refractivity contribution in [2.75, 3.05) is 38.2 Å². The average Bonchev–Trinajstić information content (AvgIpc) is 2.71. The first-order valence-electron chi connectivity index (χ1n) is 9.54. The SMILES string of the molecule is CO/N=C/c1ccc(C(=O)N2CCN(c3cc(C)nc(C(C)C)n3)CC2)cc1. The number of hydrogen-bond acceptors (Lipinski definition) is 6. The third kappa shape index (κ3) is 4.65. The van der Waals surface area contributed by atoms with Gasteiger partial charge < -0.3 is 14.6 Å². The molecule has 7 heteroatoms. The van der Waals surface area contributed by atoms with Gasteiger partial charge in [-0.15, -0.1) is 0 Å². The van der Waals surface area contributed by atoms with Gasteiger partial charge in [0.2, 0.25) is 0 Å². The van der Waals surface area contributed by atoms with Crippen LogP contribution >= 0.6 is 0 Å².